The van der Waals surface area contributed by atoms with Gasteiger partial charge < -0.3 is 19.1 Å². The van der Waals surface area contributed by atoms with Gasteiger partial charge in [-0.2, -0.15) is 0 Å². The Balaban J connectivity index is 1.09. The van der Waals surface area contributed by atoms with Crippen molar-refractivity contribution in [2.24, 2.45) is 5.41 Å². The second-order valence-electron chi connectivity index (χ2n) is 12.3. The van der Waals surface area contributed by atoms with Gasteiger partial charge in [0.05, 0.1) is 23.2 Å². The maximum Gasteiger partial charge on any atom is 0.262 e. The van der Waals surface area contributed by atoms with Crippen LogP contribution in [0.5, 0.6) is 5.75 Å². The number of nitrogens with one attached hydrogen (secondary N) is 1. The first-order valence-electron chi connectivity index (χ1n) is 15.4. The van der Waals surface area contributed by atoms with E-state index in [1.807, 2.05) is 46.3 Å². The third kappa shape index (κ3) is 6.00. The third-order valence-corrected chi connectivity index (χ3v) is 11.2. The van der Waals surface area contributed by atoms with Gasteiger partial charge in [-0.05, 0) is 92.5 Å². The summed E-state index contributed by atoms with van der Waals surface area (Å²) >= 11 is 0. The van der Waals surface area contributed by atoms with Crippen molar-refractivity contribution in [1.82, 2.24) is 14.5 Å². The van der Waals surface area contributed by atoms with Gasteiger partial charge in [0.2, 0.25) is 5.91 Å². The molecule has 2 aromatic carbocycles. The van der Waals surface area contributed by atoms with Crippen molar-refractivity contribution >= 4 is 38.2 Å². The van der Waals surface area contributed by atoms with E-state index in [2.05, 4.69) is 26.7 Å². The first-order valence-corrected chi connectivity index (χ1v) is 16.9. The maximum atomic E-state index is 13.6. The van der Waals surface area contributed by atoms with E-state index < -0.39 is 10.0 Å². The molecule has 2 aromatic heterocycles. The van der Waals surface area contributed by atoms with Gasteiger partial charge in [0, 0.05) is 68.8 Å². The van der Waals surface area contributed by atoms with Gasteiger partial charge in [0.1, 0.15) is 5.75 Å². The smallest absolute Gasteiger partial charge is 0.262 e. The average Bonchev–Trinajstić information content (AvgIpc) is 3.44. The maximum absolute atomic E-state index is 13.6. The van der Waals surface area contributed by atoms with E-state index >= 15 is 0 Å². The first kappa shape index (κ1) is 30.0. The number of likely N-dealkylation sites (tertiary alicyclic amines) is 1. The van der Waals surface area contributed by atoms with Crippen LogP contribution in [0, 0.1) is 19.3 Å². The Morgan fingerprint density at radius 3 is 2.27 bits per heavy atom. The van der Waals surface area contributed by atoms with E-state index in [4.69, 9.17) is 4.74 Å². The highest BCUT2D eigenvalue weighted by Crippen LogP contribution is 2.42. The number of hydrogen-bond donors (Lipinski definition) is 1. The van der Waals surface area contributed by atoms with Gasteiger partial charge in [-0.1, -0.05) is 12.1 Å². The van der Waals surface area contributed by atoms with Crippen LogP contribution < -0.4 is 14.4 Å². The minimum absolute atomic E-state index is 0.151. The Kier molecular flexibility index (Phi) is 8.28. The molecular weight excluding hydrogens is 574 g/mol. The number of sulfonamides is 1. The van der Waals surface area contributed by atoms with Crippen LogP contribution in [-0.4, -0.2) is 62.1 Å². The highest BCUT2D eigenvalue weighted by molar-refractivity contribution is 7.92. The molecule has 0 saturated carbocycles. The quantitative estimate of drug-likeness (QED) is 0.271. The Morgan fingerprint density at radius 2 is 1.61 bits per heavy atom. The Hall–Kier alpha value is -4.05. The molecule has 2 fully saturated rings. The number of piperidine rings is 2. The zero-order valence-electron chi connectivity index (χ0n) is 25.8. The molecular formula is C34H41N5O4S. The van der Waals surface area contributed by atoms with Crippen LogP contribution in [0.1, 0.15) is 43.2 Å². The van der Waals surface area contributed by atoms with Crippen molar-refractivity contribution in [2.45, 2.75) is 57.4 Å². The zero-order chi connectivity index (χ0) is 30.9. The second kappa shape index (κ2) is 12.1. The molecule has 2 saturated heterocycles. The molecule has 0 radical (unpaired) electrons. The predicted molar refractivity (Wildman–Crippen MR) is 174 cm³/mol. The fourth-order valence-electron chi connectivity index (χ4n) is 7.08. The van der Waals surface area contributed by atoms with Crippen molar-refractivity contribution in [3.8, 4) is 5.75 Å². The Bertz CT molecular complexity index is 1730. The summed E-state index contributed by atoms with van der Waals surface area (Å²) < 4.78 is 37.3. The molecule has 2 aliphatic rings. The molecule has 6 rings (SSSR count). The van der Waals surface area contributed by atoms with Crippen molar-refractivity contribution in [1.29, 1.82) is 0 Å². The number of para-hydroxylation sites is 1. The van der Waals surface area contributed by atoms with Crippen LogP contribution in [0.3, 0.4) is 0 Å². The fraction of sp³-hybridized carbons (Fsp3) is 0.412. The molecule has 4 heterocycles. The number of benzene rings is 2. The number of hydrogen-bond acceptors (Lipinski definition) is 6. The topological polar surface area (TPSA) is 96.8 Å². The number of pyridine rings is 1. The number of methoxy groups -OCH3 is 1. The third-order valence-electron chi connectivity index (χ3n) is 9.57. The molecule has 2 aliphatic heterocycles. The van der Waals surface area contributed by atoms with Gasteiger partial charge >= 0.3 is 0 Å². The molecule has 0 atom stereocenters. The largest absolute Gasteiger partial charge is 0.497 e. The lowest BCUT2D eigenvalue weighted by atomic mass is 9.71. The van der Waals surface area contributed by atoms with Crippen LogP contribution in [0.2, 0.25) is 0 Å². The summed E-state index contributed by atoms with van der Waals surface area (Å²) in [5.41, 5.74) is 4.06. The first-order chi connectivity index (χ1) is 21.2. The molecule has 1 amide bonds. The van der Waals surface area contributed by atoms with Crippen LogP contribution in [-0.2, 0) is 21.4 Å². The normalized spacial score (nSPS) is 16.8. The van der Waals surface area contributed by atoms with Crippen molar-refractivity contribution < 1.29 is 17.9 Å². The van der Waals surface area contributed by atoms with Crippen LogP contribution >= 0.6 is 0 Å². The van der Waals surface area contributed by atoms with E-state index in [1.54, 1.807) is 39.2 Å². The standard InChI is InChI=1S/C34H41N5O4S/c1-25-23-29(43-3)24-26(2)33(25)44(41,42)36-30-6-4-5-27-9-17-39(32(27)30)18-10-31(40)38-21-13-34(14-22-38)11-19-37(20-12-34)28-7-15-35-16-8-28/h4-9,15-17,23-24,36H,10-14,18-22H2,1-3H3. The number of nitrogens with zero attached hydrogens (tertiary/aromatic N) is 4. The zero-order valence-corrected chi connectivity index (χ0v) is 26.6. The molecule has 1 N–H and O–H groups in total. The molecule has 1 spiro atoms. The number of aryl methyl sites for hydroxylation is 3. The Morgan fingerprint density at radius 1 is 0.955 bits per heavy atom. The average molecular weight is 616 g/mol. The SMILES string of the molecule is COc1cc(C)c(S(=O)(=O)Nc2cccc3ccn(CCC(=O)N4CCC5(CC4)CCN(c4ccncc4)CC5)c23)c(C)c1. The summed E-state index contributed by atoms with van der Waals surface area (Å²) in [6.07, 6.45) is 10.4. The fourth-order valence-corrected chi connectivity index (χ4v) is 8.60. The monoisotopic (exact) mass is 615 g/mol. The van der Waals surface area contributed by atoms with Gasteiger partial charge in [-0.15, -0.1) is 0 Å². The molecule has 9 nitrogen and oxygen atoms in total. The van der Waals surface area contributed by atoms with E-state index in [1.165, 1.54) is 5.69 Å². The molecule has 44 heavy (non-hydrogen) atoms. The summed E-state index contributed by atoms with van der Waals surface area (Å²) in [6, 6.07) is 15.1. The van der Waals surface area contributed by atoms with Crippen molar-refractivity contribution in [3.63, 3.8) is 0 Å². The predicted octanol–water partition coefficient (Wildman–Crippen LogP) is 5.76. The number of ether oxygens (including phenoxy) is 1. The number of anilines is 2. The number of carbonyl (C=O) groups excluding carboxylic acids is 1. The summed E-state index contributed by atoms with van der Waals surface area (Å²) in [7, 11) is -2.30. The number of amides is 1. The summed E-state index contributed by atoms with van der Waals surface area (Å²) in [4.78, 5) is 22.2. The van der Waals surface area contributed by atoms with Crippen LogP contribution in [0.25, 0.3) is 10.9 Å². The van der Waals surface area contributed by atoms with Gasteiger partial charge in [0.25, 0.3) is 10.0 Å². The van der Waals surface area contributed by atoms with E-state index in [0.717, 1.165) is 62.8 Å². The molecule has 4 aromatic rings. The number of carbonyl (C=O) groups is 1. The van der Waals surface area contributed by atoms with Gasteiger partial charge in [-0.3, -0.25) is 14.5 Å². The lowest BCUT2D eigenvalue weighted by Gasteiger charge is -2.47. The minimum atomic E-state index is -3.87. The lowest BCUT2D eigenvalue weighted by molar-refractivity contribution is -0.134. The molecule has 0 unspecified atom stereocenters. The number of rotatable bonds is 8. The molecule has 10 heteroatoms. The van der Waals surface area contributed by atoms with Crippen molar-refractivity contribution in [2.75, 3.05) is 42.9 Å². The molecule has 0 aliphatic carbocycles. The summed E-state index contributed by atoms with van der Waals surface area (Å²) in [6.45, 7) is 7.70. The van der Waals surface area contributed by atoms with E-state index in [0.29, 0.717) is 40.9 Å². The van der Waals surface area contributed by atoms with Crippen LogP contribution in [0.4, 0.5) is 11.4 Å². The van der Waals surface area contributed by atoms with E-state index in [-0.39, 0.29) is 10.8 Å². The van der Waals surface area contributed by atoms with Gasteiger partial charge in [0.15, 0.2) is 0 Å². The summed E-state index contributed by atoms with van der Waals surface area (Å²) in [5, 5.41) is 0.916. The molecule has 0 bridgehead atoms. The molecule has 232 valence electrons. The Labute approximate surface area is 259 Å². The summed E-state index contributed by atoms with van der Waals surface area (Å²) in [5.74, 6) is 0.772. The minimum Gasteiger partial charge on any atom is -0.497 e. The van der Waals surface area contributed by atoms with Crippen LogP contribution in [0.15, 0.2) is 72.0 Å². The van der Waals surface area contributed by atoms with Gasteiger partial charge in [-0.25, -0.2) is 8.42 Å². The lowest BCUT2D eigenvalue weighted by Crippen LogP contribution is -2.48. The highest BCUT2D eigenvalue weighted by Gasteiger charge is 2.38. The number of fused-ring (bicyclic) bond motifs is 1. The van der Waals surface area contributed by atoms with E-state index in [9.17, 15) is 13.2 Å². The highest BCUT2D eigenvalue weighted by atomic mass is 32.2. The second-order valence-corrected chi connectivity index (χ2v) is 13.9. The number of aromatic nitrogens is 2. The van der Waals surface area contributed by atoms with Crippen molar-refractivity contribution in [3.05, 3.63) is 78.2 Å².